The summed E-state index contributed by atoms with van der Waals surface area (Å²) in [4.78, 5) is 30.9. The van der Waals surface area contributed by atoms with Gasteiger partial charge in [-0.3, -0.25) is 9.36 Å². The molecule has 4 aromatic rings. The smallest absolute Gasteiger partial charge is 0.434 e. The average Bonchev–Trinajstić information content (AvgIpc) is 3.36. The van der Waals surface area contributed by atoms with E-state index in [4.69, 9.17) is 9.47 Å². The van der Waals surface area contributed by atoms with E-state index in [-0.39, 0.29) is 27.3 Å². The third-order valence-corrected chi connectivity index (χ3v) is 8.10. The van der Waals surface area contributed by atoms with E-state index in [1.807, 2.05) is 31.5 Å². The molecular formula is C29H26F3N3O4S. The minimum absolute atomic E-state index is 0.163. The molecule has 0 bridgehead atoms. The number of halogens is 3. The van der Waals surface area contributed by atoms with Gasteiger partial charge in [-0.15, -0.1) is 0 Å². The second-order valence-corrected chi connectivity index (χ2v) is 10.4. The van der Waals surface area contributed by atoms with Crippen molar-refractivity contribution < 1.29 is 27.4 Å². The van der Waals surface area contributed by atoms with Crippen molar-refractivity contribution in [2.45, 2.75) is 33.0 Å². The average molecular weight is 570 g/mol. The molecule has 0 unspecified atom stereocenters. The number of carbonyl (C=O) groups excluding carboxylic acids is 1. The van der Waals surface area contributed by atoms with Crippen LogP contribution in [0.3, 0.4) is 0 Å². The number of methoxy groups -OCH3 is 1. The molecule has 0 amide bonds. The van der Waals surface area contributed by atoms with Crippen molar-refractivity contribution in [2.24, 2.45) is 12.0 Å². The maximum absolute atomic E-state index is 14.5. The first-order valence-corrected chi connectivity index (χ1v) is 13.3. The van der Waals surface area contributed by atoms with Gasteiger partial charge in [0.25, 0.3) is 5.56 Å². The number of hydrogen-bond acceptors (Lipinski definition) is 6. The fourth-order valence-electron chi connectivity index (χ4n) is 5.02. The van der Waals surface area contributed by atoms with Crippen LogP contribution in [0.2, 0.25) is 0 Å². The van der Waals surface area contributed by atoms with Gasteiger partial charge in [-0.25, -0.2) is 9.79 Å². The van der Waals surface area contributed by atoms with Crippen molar-refractivity contribution >= 4 is 34.2 Å². The van der Waals surface area contributed by atoms with Crippen molar-refractivity contribution in [1.29, 1.82) is 0 Å². The number of thiazole rings is 1. The molecule has 1 atom stereocenters. The SMILES string of the molecule is CCOC(=O)C1=C(C(F)(F)F)N=c2s/c(=C/c3cc(C)n(C)c3C)c(=O)n2[C@H]1c1c(OC)ccc2ccccc12. The Balaban J connectivity index is 1.94. The summed E-state index contributed by atoms with van der Waals surface area (Å²) in [6.45, 7) is 5.14. The molecular weight excluding hydrogens is 543 g/mol. The van der Waals surface area contributed by atoms with Crippen LogP contribution in [0.5, 0.6) is 5.75 Å². The van der Waals surface area contributed by atoms with Crippen molar-refractivity contribution in [3.8, 4) is 5.75 Å². The van der Waals surface area contributed by atoms with E-state index in [9.17, 15) is 22.8 Å². The molecule has 5 rings (SSSR count). The second kappa shape index (κ2) is 10.1. The van der Waals surface area contributed by atoms with E-state index in [1.54, 1.807) is 42.5 Å². The standard InChI is InChI=1S/C29H26F3N3O4S/c1-6-39-27(37)23-24(22-19-10-8-7-9-17(19)11-12-20(22)38-5)35-26(36)21(14-18-13-15(2)34(4)16(18)3)40-28(35)33-25(23)29(30,31)32/h7-14,24H,6H2,1-5H3/b21-14+/t24-/m0/s1. The molecule has 0 fully saturated rings. The first-order chi connectivity index (χ1) is 19.0. The van der Waals surface area contributed by atoms with Gasteiger partial charge in [0.1, 0.15) is 11.8 Å². The Morgan fingerprint density at radius 2 is 1.90 bits per heavy atom. The molecule has 11 heteroatoms. The van der Waals surface area contributed by atoms with E-state index in [0.29, 0.717) is 10.8 Å². The van der Waals surface area contributed by atoms with E-state index < -0.39 is 35.0 Å². The molecule has 7 nitrogen and oxygen atoms in total. The zero-order valence-electron chi connectivity index (χ0n) is 22.4. The van der Waals surface area contributed by atoms with Gasteiger partial charge in [0.2, 0.25) is 0 Å². The van der Waals surface area contributed by atoms with Gasteiger partial charge in [-0.05, 0) is 55.3 Å². The Kier molecular flexibility index (Phi) is 6.95. The Hall–Kier alpha value is -4.12. The highest BCUT2D eigenvalue weighted by Gasteiger charge is 2.46. The van der Waals surface area contributed by atoms with E-state index in [1.165, 1.54) is 14.0 Å². The highest BCUT2D eigenvalue weighted by Crippen LogP contribution is 2.43. The maximum Gasteiger partial charge on any atom is 0.434 e. The Bertz CT molecular complexity index is 1880. The lowest BCUT2D eigenvalue weighted by atomic mass is 9.90. The number of benzene rings is 2. The summed E-state index contributed by atoms with van der Waals surface area (Å²) in [7, 11) is 3.27. The zero-order valence-corrected chi connectivity index (χ0v) is 23.2. The lowest BCUT2D eigenvalue weighted by Gasteiger charge is -2.28. The summed E-state index contributed by atoms with van der Waals surface area (Å²) in [5.74, 6) is -0.986. The van der Waals surface area contributed by atoms with Gasteiger partial charge in [0.05, 0.1) is 23.8 Å². The number of rotatable bonds is 5. The molecule has 0 radical (unpaired) electrons. The molecule has 40 heavy (non-hydrogen) atoms. The van der Waals surface area contributed by atoms with Crippen molar-refractivity contribution in [2.75, 3.05) is 13.7 Å². The third-order valence-electron chi connectivity index (χ3n) is 7.12. The summed E-state index contributed by atoms with van der Waals surface area (Å²) in [5.41, 5.74) is 0.0930. The first kappa shape index (κ1) is 27.4. The molecule has 3 heterocycles. The predicted molar refractivity (Wildman–Crippen MR) is 146 cm³/mol. The highest BCUT2D eigenvalue weighted by atomic mass is 32.1. The molecule has 1 aliphatic rings. The number of nitrogens with zero attached hydrogens (tertiary/aromatic N) is 3. The Morgan fingerprint density at radius 1 is 1.18 bits per heavy atom. The van der Waals surface area contributed by atoms with Crippen LogP contribution in [0.1, 0.15) is 35.5 Å². The summed E-state index contributed by atoms with van der Waals surface area (Å²) in [6, 6.07) is 10.8. The van der Waals surface area contributed by atoms with Crippen LogP contribution in [0.15, 0.2) is 63.5 Å². The van der Waals surface area contributed by atoms with Gasteiger partial charge in [0, 0.05) is 24.0 Å². The van der Waals surface area contributed by atoms with Gasteiger partial charge in [-0.1, -0.05) is 41.7 Å². The Morgan fingerprint density at radius 3 is 2.52 bits per heavy atom. The van der Waals surface area contributed by atoms with Gasteiger partial charge in [0.15, 0.2) is 10.5 Å². The number of aryl methyl sites for hydroxylation is 1. The maximum atomic E-state index is 14.5. The number of fused-ring (bicyclic) bond motifs is 2. The number of allylic oxidation sites excluding steroid dienone is 1. The molecule has 2 aromatic carbocycles. The second-order valence-electron chi connectivity index (χ2n) is 9.35. The summed E-state index contributed by atoms with van der Waals surface area (Å²) in [6.07, 6.45) is -3.36. The topological polar surface area (TPSA) is 74.8 Å². The van der Waals surface area contributed by atoms with Crippen LogP contribution in [0, 0.1) is 13.8 Å². The van der Waals surface area contributed by atoms with Crippen LogP contribution in [-0.4, -0.2) is 35.0 Å². The molecule has 0 aliphatic carbocycles. The lowest BCUT2D eigenvalue weighted by Crippen LogP contribution is -2.41. The monoisotopic (exact) mass is 569 g/mol. The van der Waals surface area contributed by atoms with E-state index in [0.717, 1.165) is 32.9 Å². The molecule has 208 valence electrons. The number of aromatic nitrogens is 2. The number of alkyl halides is 3. The largest absolute Gasteiger partial charge is 0.496 e. The summed E-state index contributed by atoms with van der Waals surface area (Å²) < 4.78 is 57.6. The van der Waals surface area contributed by atoms with Crippen LogP contribution >= 0.6 is 11.3 Å². The van der Waals surface area contributed by atoms with E-state index in [2.05, 4.69) is 4.99 Å². The summed E-state index contributed by atoms with van der Waals surface area (Å²) >= 11 is 0.837. The minimum atomic E-state index is -5.00. The van der Waals surface area contributed by atoms with E-state index >= 15 is 0 Å². The predicted octanol–water partition coefficient (Wildman–Crippen LogP) is 4.46. The molecule has 0 saturated carbocycles. The van der Waals surface area contributed by atoms with Crippen molar-refractivity contribution in [1.82, 2.24) is 9.13 Å². The fraction of sp³-hybridized carbons (Fsp3) is 0.276. The van der Waals surface area contributed by atoms with Crippen LogP contribution < -0.4 is 19.6 Å². The van der Waals surface area contributed by atoms with Gasteiger partial charge >= 0.3 is 12.1 Å². The van der Waals surface area contributed by atoms with Crippen LogP contribution in [0.4, 0.5) is 13.2 Å². The van der Waals surface area contributed by atoms with Gasteiger partial charge < -0.3 is 14.0 Å². The lowest BCUT2D eigenvalue weighted by molar-refractivity contribution is -0.140. The third kappa shape index (κ3) is 4.43. The minimum Gasteiger partial charge on any atom is -0.496 e. The fourth-order valence-corrected chi connectivity index (χ4v) is 6.01. The first-order valence-electron chi connectivity index (χ1n) is 12.5. The molecule has 0 N–H and O–H groups in total. The van der Waals surface area contributed by atoms with Crippen molar-refractivity contribution in [3.05, 3.63) is 95.9 Å². The number of hydrogen-bond donors (Lipinski definition) is 0. The number of ether oxygens (including phenoxy) is 2. The van der Waals surface area contributed by atoms with Gasteiger partial charge in [-0.2, -0.15) is 13.2 Å². The molecule has 0 spiro atoms. The molecule has 2 aromatic heterocycles. The molecule has 1 aliphatic heterocycles. The zero-order chi connectivity index (χ0) is 28.9. The van der Waals surface area contributed by atoms with Crippen LogP contribution in [0.25, 0.3) is 16.8 Å². The summed E-state index contributed by atoms with van der Waals surface area (Å²) in [5, 5.41) is 1.23. The quantitative estimate of drug-likeness (QED) is 0.333. The van der Waals surface area contributed by atoms with Crippen LogP contribution in [-0.2, 0) is 16.6 Å². The molecule has 0 saturated heterocycles. The van der Waals surface area contributed by atoms with Crippen molar-refractivity contribution in [3.63, 3.8) is 0 Å². The number of esters is 1. The number of carbonyl (C=O) groups is 1. The normalized spacial score (nSPS) is 15.8. The Labute approximate surface area is 231 Å². The highest BCUT2D eigenvalue weighted by molar-refractivity contribution is 7.07.